The molecule has 0 aliphatic rings. The molecule has 3 N–H and O–H groups in total. The highest BCUT2D eigenvalue weighted by atomic mass is 32.2. The van der Waals surface area contributed by atoms with Gasteiger partial charge in [-0.2, -0.15) is 5.26 Å². The Labute approximate surface area is 101 Å². The van der Waals surface area contributed by atoms with Crippen LogP contribution in [0.3, 0.4) is 0 Å². The van der Waals surface area contributed by atoms with Gasteiger partial charge in [-0.25, -0.2) is 8.42 Å². The van der Waals surface area contributed by atoms with E-state index in [0.717, 1.165) is 0 Å². The molecule has 0 amide bonds. The number of nitrogens with zero attached hydrogens (tertiary/aromatic N) is 1. The fourth-order valence-corrected chi connectivity index (χ4v) is 1.81. The van der Waals surface area contributed by atoms with Crippen molar-refractivity contribution in [3.63, 3.8) is 0 Å². The van der Waals surface area contributed by atoms with Gasteiger partial charge in [0, 0.05) is 5.69 Å². The molecule has 0 bridgehead atoms. The van der Waals surface area contributed by atoms with Crippen molar-refractivity contribution in [2.45, 2.75) is 25.5 Å². The van der Waals surface area contributed by atoms with Gasteiger partial charge in [-0.1, -0.05) is 0 Å². The van der Waals surface area contributed by atoms with Crippen molar-refractivity contribution in [3.05, 3.63) is 23.8 Å². The molecule has 0 radical (unpaired) electrons. The largest absolute Gasteiger partial charge is 0.399 e. The second kappa shape index (κ2) is 4.26. The molecule has 0 aliphatic carbocycles. The third kappa shape index (κ3) is 2.88. The number of hydrogen-bond donors (Lipinski definition) is 2. The smallest absolute Gasteiger partial charge is 0.237 e. The normalized spacial score (nSPS) is 11.9. The first-order chi connectivity index (χ1) is 7.67. The lowest BCUT2D eigenvalue weighted by molar-refractivity contribution is 0.566. The Morgan fingerprint density at radius 2 is 1.94 bits per heavy atom. The predicted octanol–water partition coefficient (Wildman–Crippen LogP) is 1.68. The first kappa shape index (κ1) is 13.3. The molecule has 1 rings (SSSR count). The van der Waals surface area contributed by atoms with E-state index in [0.29, 0.717) is 5.69 Å². The molecule has 0 fully saturated rings. The van der Waals surface area contributed by atoms with E-state index in [1.165, 1.54) is 12.1 Å². The van der Waals surface area contributed by atoms with Crippen LogP contribution in [-0.2, 0) is 10.0 Å². The molecule has 0 saturated heterocycles. The van der Waals surface area contributed by atoms with E-state index in [9.17, 15) is 8.42 Å². The van der Waals surface area contributed by atoms with Crippen molar-refractivity contribution in [3.8, 4) is 6.07 Å². The van der Waals surface area contributed by atoms with Gasteiger partial charge >= 0.3 is 0 Å². The number of nitrogens with one attached hydrogen (secondary N) is 1. The highest BCUT2D eigenvalue weighted by molar-refractivity contribution is 7.94. The lowest BCUT2D eigenvalue weighted by Gasteiger charge is -2.20. The summed E-state index contributed by atoms with van der Waals surface area (Å²) < 4.78 is 25.3. The highest BCUT2D eigenvalue weighted by Crippen LogP contribution is 2.23. The fourth-order valence-electron chi connectivity index (χ4n) is 1.04. The molecular weight excluding hydrogens is 238 g/mol. The van der Waals surface area contributed by atoms with Crippen molar-refractivity contribution >= 4 is 21.4 Å². The average molecular weight is 253 g/mol. The van der Waals surface area contributed by atoms with Crippen LogP contribution >= 0.6 is 0 Å². The third-order valence-corrected chi connectivity index (χ3v) is 4.32. The van der Waals surface area contributed by atoms with Crippen molar-refractivity contribution in [1.82, 2.24) is 0 Å². The summed E-state index contributed by atoms with van der Waals surface area (Å²) in [5, 5.41) is 8.90. The highest BCUT2D eigenvalue weighted by Gasteiger charge is 2.29. The number of anilines is 2. The van der Waals surface area contributed by atoms with Gasteiger partial charge in [0.2, 0.25) is 10.0 Å². The molecule has 0 saturated carbocycles. The molecule has 0 unspecified atom stereocenters. The van der Waals surface area contributed by atoms with Gasteiger partial charge < -0.3 is 5.73 Å². The van der Waals surface area contributed by atoms with Crippen LogP contribution in [0.5, 0.6) is 0 Å². The molecule has 17 heavy (non-hydrogen) atoms. The monoisotopic (exact) mass is 253 g/mol. The Hall–Kier alpha value is -1.74. The van der Waals surface area contributed by atoms with Crippen molar-refractivity contribution in [2.75, 3.05) is 10.5 Å². The summed E-state index contributed by atoms with van der Waals surface area (Å²) in [4.78, 5) is 0. The molecule has 5 nitrogen and oxygen atoms in total. The van der Waals surface area contributed by atoms with E-state index in [4.69, 9.17) is 11.0 Å². The molecule has 0 heterocycles. The minimum Gasteiger partial charge on any atom is -0.399 e. The number of nitriles is 1. The van der Waals surface area contributed by atoms with E-state index in [1.807, 2.05) is 6.07 Å². The van der Waals surface area contributed by atoms with E-state index in [-0.39, 0.29) is 11.3 Å². The third-order valence-electron chi connectivity index (χ3n) is 2.21. The number of nitrogen functional groups attached to an aromatic ring is 1. The van der Waals surface area contributed by atoms with E-state index >= 15 is 0 Å². The molecule has 0 spiro atoms. The topological polar surface area (TPSA) is 96.0 Å². The number of sulfonamides is 1. The lowest BCUT2D eigenvalue weighted by Crippen LogP contribution is -2.33. The van der Waals surface area contributed by atoms with Gasteiger partial charge in [0.15, 0.2) is 0 Å². The summed E-state index contributed by atoms with van der Waals surface area (Å²) in [6.45, 7) is 4.75. The number of rotatable bonds is 2. The molecule has 0 aromatic heterocycles. The first-order valence-electron chi connectivity index (χ1n) is 4.99. The summed E-state index contributed by atoms with van der Waals surface area (Å²) >= 11 is 0. The maximum absolute atomic E-state index is 11.9. The molecular formula is C11H15N3O2S. The van der Waals surface area contributed by atoms with Gasteiger partial charge in [0.05, 0.1) is 16.0 Å². The minimum atomic E-state index is -3.54. The summed E-state index contributed by atoms with van der Waals surface area (Å²) in [5.74, 6) is 0. The Morgan fingerprint density at radius 3 is 2.41 bits per heavy atom. The zero-order valence-corrected chi connectivity index (χ0v) is 10.8. The van der Waals surface area contributed by atoms with Crippen LogP contribution in [-0.4, -0.2) is 13.2 Å². The molecule has 6 heteroatoms. The number of hydrogen-bond acceptors (Lipinski definition) is 4. The summed E-state index contributed by atoms with van der Waals surface area (Å²) in [6.07, 6.45) is 0. The Bertz CT molecular complexity index is 565. The molecule has 1 aromatic carbocycles. The van der Waals surface area contributed by atoms with Gasteiger partial charge in [-0.05, 0) is 39.0 Å². The maximum Gasteiger partial charge on any atom is 0.237 e. The van der Waals surface area contributed by atoms with Crippen LogP contribution in [0.2, 0.25) is 0 Å². The molecule has 1 aromatic rings. The SMILES string of the molecule is CC(C)(C)S(=O)(=O)Nc1ccc(N)cc1C#N. The number of nitrogens with two attached hydrogens (primary N) is 1. The fraction of sp³-hybridized carbons (Fsp3) is 0.364. The van der Waals surface area contributed by atoms with Crippen LogP contribution in [0, 0.1) is 11.3 Å². The zero-order chi connectivity index (χ0) is 13.3. The van der Waals surface area contributed by atoms with Crippen molar-refractivity contribution in [2.24, 2.45) is 0 Å². The van der Waals surface area contributed by atoms with Crippen LogP contribution in [0.4, 0.5) is 11.4 Å². The molecule has 92 valence electrons. The second-order valence-corrected chi connectivity index (χ2v) is 7.07. The maximum atomic E-state index is 11.9. The summed E-state index contributed by atoms with van der Waals surface area (Å²) in [5.41, 5.74) is 6.39. The Morgan fingerprint density at radius 1 is 1.35 bits per heavy atom. The van der Waals surface area contributed by atoms with Gasteiger partial charge in [-0.3, -0.25) is 4.72 Å². The van der Waals surface area contributed by atoms with Crippen LogP contribution in [0.1, 0.15) is 26.3 Å². The lowest BCUT2D eigenvalue weighted by atomic mass is 10.2. The minimum absolute atomic E-state index is 0.206. The Kier molecular flexibility index (Phi) is 3.34. The van der Waals surface area contributed by atoms with Gasteiger partial charge in [0.1, 0.15) is 6.07 Å². The number of benzene rings is 1. The average Bonchev–Trinajstić information content (AvgIpc) is 2.18. The van der Waals surface area contributed by atoms with Crippen LogP contribution in [0.25, 0.3) is 0 Å². The predicted molar refractivity (Wildman–Crippen MR) is 67.9 cm³/mol. The zero-order valence-electron chi connectivity index (χ0n) is 9.98. The summed E-state index contributed by atoms with van der Waals surface area (Å²) in [7, 11) is -3.54. The van der Waals surface area contributed by atoms with Gasteiger partial charge in [-0.15, -0.1) is 0 Å². The Balaban J connectivity index is 3.19. The van der Waals surface area contributed by atoms with Crippen LogP contribution in [0.15, 0.2) is 18.2 Å². The van der Waals surface area contributed by atoms with Gasteiger partial charge in [0.25, 0.3) is 0 Å². The molecule has 0 atom stereocenters. The van der Waals surface area contributed by atoms with E-state index in [1.54, 1.807) is 26.8 Å². The van der Waals surface area contributed by atoms with Crippen molar-refractivity contribution in [1.29, 1.82) is 5.26 Å². The first-order valence-corrected chi connectivity index (χ1v) is 6.48. The van der Waals surface area contributed by atoms with E-state index in [2.05, 4.69) is 4.72 Å². The quantitative estimate of drug-likeness (QED) is 0.784. The molecule has 0 aliphatic heterocycles. The van der Waals surface area contributed by atoms with Crippen molar-refractivity contribution < 1.29 is 8.42 Å². The standard InChI is InChI=1S/C11H15N3O2S/c1-11(2,3)17(15,16)14-10-5-4-9(13)6-8(10)7-12/h4-6,14H,13H2,1-3H3. The van der Waals surface area contributed by atoms with E-state index < -0.39 is 14.8 Å². The summed E-state index contributed by atoms with van der Waals surface area (Å²) in [6, 6.07) is 6.36. The van der Waals surface area contributed by atoms with Crippen LogP contribution < -0.4 is 10.5 Å². The second-order valence-electron chi connectivity index (χ2n) is 4.63.